The van der Waals surface area contributed by atoms with E-state index in [1.807, 2.05) is 36.4 Å². The van der Waals surface area contributed by atoms with Crippen molar-refractivity contribution in [3.63, 3.8) is 0 Å². The number of nitrogens with one attached hydrogen (secondary N) is 1. The summed E-state index contributed by atoms with van der Waals surface area (Å²) in [4.78, 5) is 30.0. The number of para-hydroxylation sites is 1. The van der Waals surface area contributed by atoms with Gasteiger partial charge in [-0.1, -0.05) is 24.3 Å². The number of benzene rings is 2. The van der Waals surface area contributed by atoms with Crippen LogP contribution >= 0.6 is 11.3 Å². The molecule has 0 saturated heterocycles. The Morgan fingerprint density at radius 3 is 2.50 bits per heavy atom. The summed E-state index contributed by atoms with van der Waals surface area (Å²) in [7, 11) is 3.45. The van der Waals surface area contributed by atoms with E-state index in [-0.39, 0.29) is 11.8 Å². The lowest BCUT2D eigenvalue weighted by atomic mass is 10.1. The number of carbonyl (C=O) groups is 2. The van der Waals surface area contributed by atoms with Gasteiger partial charge in [0.05, 0.1) is 15.2 Å². The van der Waals surface area contributed by atoms with Crippen LogP contribution in [0, 0.1) is 0 Å². The first-order valence-electron chi connectivity index (χ1n) is 8.44. The maximum absolute atomic E-state index is 12.1. The average molecular weight is 367 g/mol. The molecular formula is C20H21N3O2S. The van der Waals surface area contributed by atoms with Gasteiger partial charge in [0.2, 0.25) is 5.91 Å². The predicted octanol–water partition coefficient (Wildman–Crippen LogP) is 3.25. The second-order valence-corrected chi connectivity index (χ2v) is 7.36. The molecule has 0 aliphatic heterocycles. The summed E-state index contributed by atoms with van der Waals surface area (Å²) in [6, 6.07) is 15.3. The first-order chi connectivity index (χ1) is 12.5. The number of aromatic nitrogens is 1. The van der Waals surface area contributed by atoms with Crippen molar-refractivity contribution < 1.29 is 9.59 Å². The number of fused-ring (bicyclic) bond motifs is 1. The van der Waals surface area contributed by atoms with Crippen molar-refractivity contribution in [2.24, 2.45) is 0 Å². The lowest BCUT2D eigenvalue weighted by Gasteiger charge is -2.10. The molecule has 2 aromatic carbocycles. The van der Waals surface area contributed by atoms with Crippen LogP contribution in [0.2, 0.25) is 0 Å². The van der Waals surface area contributed by atoms with Gasteiger partial charge in [0.1, 0.15) is 0 Å². The first-order valence-corrected chi connectivity index (χ1v) is 9.26. The minimum Gasteiger partial charge on any atom is -0.352 e. The normalized spacial score (nSPS) is 10.7. The molecule has 0 radical (unpaired) electrons. The zero-order valence-electron chi connectivity index (χ0n) is 14.9. The fraction of sp³-hybridized carbons (Fsp3) is 0.250. The van der Waals surface area contributed by atoms with Gasteiger partial charge < -0.3 is 10.2 Å². The van der Waals surface area contributed by atoms with Gasteiger partial charge in [-0.05, 0) is 29.8 Å². The van der Waals surface area contributed by atoms with Crippen LogP contribution in [0.3, 0.4) is 0 Å². The summed E-state index contributed by atoms with van der Waals surface area (Å²) >= 11 is 1.63. The highest BCUT2D eigenvalue weighted by Gasteiger charge is 2.09. The van der Waals surface area contributed by atoms with Crippen LogP contribution in [0.1, 0.15) is 27.3 Å². The molecule has 0 fully saturated rings. The van der Waals surface area contributed by atoms with E-state index in [2.05, 4.69) is 10.3 Å². The Morgan fingerprint density at radius 2 is 1.81 bits per heavy atom. The van der Waals surface area contributed by atoms with Gasteiger partial charge >= 0.3 is 0 Å². The molecule has 5 nitrogen and oxygen atoms in total. The van der Waals surface area contributed by atoms with E-state index in [9.17, 15) is 9.59 Å². The maximum Gasteiger partial charge on any atom is 0.253 e. The Morgan fingerprint density at radius 1 is 1.08 bits per heavy atom. The quantitative estimate of drug-likeness (QED) is 0.727. The molecule has 6 heteroatoms. The summed E-state index contributed by atoms with van der Waals surface area (Å²) in [6.07, 6.45) is 1.05. The molecule has 26 heavy (non-hydrogen) atoms. The number of rotatable bonds is 6. The summed E-state index contributed by atoms with van der Waals surface area (Å²) in [5.41, 5.74) is 2.59. The molecule has 0 unspecified atom stereocenters. The van der Waals surface area contributed by atoms with Crippen molar-refractivity contribution in [3.8, 4) is 0 Å². The van der Waals surface area contributed by atoms with E-state index >= 15 is 0 Å². The number of hydrogen-bond donors (Lipinski definition) is 1. The van der Waals surface area contributed by atoms with Gasteiger partial charge in [0.15, 0.2) is 0 Å². The molecule has 0 atom stereocenters. The van der Waals surface area contributed by atoms with Crippen LogP contribution in [0.15, 0.2) is 48.5 Å². The van der Waals surface area contributed by atoms with E-state index in [1.165, 1.54) is 0 Å². The van der Waals surface area contributed by atoms with Crippen LogP contribution < -0.4 is 5.32 Å². The van der Waals surface area contributed by atoms with Crippen LogP contribution in [-0.2, 0) is 17.8 Å². The topological polar surface area (TPSA) is 62.3 Å². The zero-order valence-corrected chi connectivity index (χ0v) is 15.7. The van der Waals surface area contributed by atoms with Crippen LogP contribution in [0.25, 0.3) is 10.2 Å². The number of thiazole rings is 1. The van der Waals surface area contributed by atoms with Gasteiger partial charge in [-0.15, -0.1) is 11.3 Å². The van der Waals surface area contributed by atoms with E-state index in [1.54, 1.807) is 42.5 Å². The lowest BCUT2D eigenvalue weighted by molar-refractivity contribution is -0.121. The predicted molar refractivity (Wildman–Crippen MR) is 104 cm³/mol. The van der Waals surface area contributed by atoms with Crippen molar-refractivity contribution in [1.82, 2.24) is 15.2 Å². The first kappa shape index (κ1) is 18.1. The fourth-order valence-electron chi connectivity index (χ4n) is 2.56. The monoisotopic (exact) mass is 367 g/mol. The van der Waals surface area contributed by atoms with Crippen LogP contribution in [0.5, 0.6) is 0 Å². The highest BCUT2D eigenvalue weighted by atomic mass is 32.1. The highest BCUT2D eigenvalue weighted by molar-refractivity contribution is 7.18. The fourth-order valence-corrected chi connectivity index (χ4v) is 3.53. The maximum atomic E-state index is 12.1. The molecule has 3 aromatic rings. The molecule has 134 valence electrons. The Bertz CT molecular complexity index is 883. The molecule has 1 heterocycles. The molecular weight excluding hydrogens is 346 g/mol. The molecule has 0 aliphatic rings. The molecule has 0 spiro atoms. The zero-order chi connectivity index (χ0) is 18.5. The standard InChI is InChI=1S/C20H21N3O2S/c1-23(2)20(25)15-9-7-14(8-10-15)13-21-18(24)11-12-19-22-16-5-3-4-6-17(16)26-19/h3-10H,11-13H2,1-2H3,(H,21,24). The summed E-state index contributed by atoms with van der Waals surface area (Å²) in [5.74, 6) is -0.0332. The summed E-state index contributed by atoms with van der Waals surface area (Å²) in [5, 5.41) is 3.90. The SMILES string of the molecule is CN(C)C(=O)c1ccc(CNC(=O)CCc2nc3ccccc3s2)cc1. The number of hydrogen-bond acceptors (Lipinski definition) is 4. The van der Waals surface area contributed by atoms with Gasteiger partial charge in [-0.2, -0.15) is 0 Å². The van der Waals surface area contributed by atoms with Crippen molar-refractivity contribution >= 4 is 33.4 Å². The number of amides is 2. The largest absolute Gasteiger partial charge is 0.352 e. The summed E-state index contributed by atoms with van der Waals surface area (Å²) < 4.78 is 1.15. The smallest absolute Gasteiger partial charge is 0.253 e. The number of aryl methyl sites for hydroxylation is 1. The third-order valence-electron chi connectivity index (χ3n) is 4.00. The van der Waals surface area contributed by atoms with E-state index < -0.39 is 0 Å². The molecule has 0 saturated carbocycles. The molecule has 1 aromatic heterocycles. The van der Waals surface area contributed by atoms with Gasteiger partial charge in [0.25, 0.3) is 5.91 Å². The number of carbonyl (C=O) groups excluding carboxylic acids is 2. The minimum absolute atomic E-state index is 0.00213. The second-order valence-electron chi connectivity index (χ2n) is 6.25. The Hall–Kier alpha value is -2.73. The molecule has 1 N–H and O–H groups in total. The summed E-state index contributed by atoms with van der Waals surface area (Å²) in [6.45, 7) is 0.453. The second kappa shape index (κ2) is 8.10. The molecule has 0 bridgehead atoms. The van der Waals surface area contributed by atoms with Gasteiger partial charge in [-0.25, -0.2) is 4.98 Å². The Balaban J connectivity index is 1.48. The Kier molecular flexibility index (Phi) is 5.63. The van der Waals surface area contributed by atoms with Crippen LogP contribution in [-0.4, -0.2) is 35.8 Å². The average Bonchev–Trinajstić information content (AvgIpc) is 3.07. The van der Waals surface area contributed by atoms with Crippen molar-refractivity contribution in [2.75, 3.05) is 14.1 Å². The van der Waals surface area contributed by atoms with Crippen LogP contribution in [0.4, 0.5) is 0 Å². The third-order valence-corrected chi connectivity index (χ3v) is 5.10. The minimum atomic E-state index is -0.0311. The highest BCUT2D eigenvalue weighted by Crippen LogP contribution is 2.22. The van der Waals surface area contributed by atoms with Crippen molar-refractivity contribution in [1.29, 1.82) is 0 Å². The molecule has 0 aliphatic carbocycles. The lowest BCUT2D eigenvalue weighted by Crippen LogP contribution is -2.23. The Labute approximate surface area is 156 Å². The number of nitrogens with zero attached hydrogens (tertiary/aromatic N) is 2. The molecule has 2 amide bonds. The van der Waals surface area contributed by atoms with E-state index in [0.717, 1.165) is 20.8 Å². The van der Waals surface area contributed by atoms with E-state index in [0.29, 0.717) is 24.9 Å². The van der Waals surface area contributed by atoms with Crippen molar-refractivity contribution in [3.05, 3.63) is 64.7 Å². The van der Waals surface area contributed by atoms with Gasteiger partial charge in [-0.3, -0.25) is 9.59 Å². The molecule has 3 rings (SSSR count). The van der Waals surface area contributed by atoms with Crippen molar-refractivity contribution in [2.45, 2.75) is 19.4 Å². The van der Waals surface area contributed by atoms with E-state index in [4.69, 9.17) is 0 Å². The third kappa shape index (κ3) is 4.46. The van der Waals surface area contributed by atoms with Gasteiger partial charge in [0, 0.05) is 39.0 Å².